The van der Waals surface area contributed by atoms with Crippen LogP contribution in [0.1, 0.15) is 32.2 Å². The Morgan fingerprint density at radius 1 is 1.28 bits per heavy atom. The molecule has 1 aromatic carbocycles. The Hall–Kier alpha value is -2.60. The first-order chi connectivity index (χ1) is 12.0. The van der Waals surface area contributed by atoms with Gasteiger partial charge in [-0.2, -0.15) is 5.10 Å². The molecule has 0 aliphatic heterocycles. The van der Waals surface area contributed by atoms with Gasteiger partial charge in [0.25, 0.3) is 5.91 Å². The van der Waals surface area contributed by atoms with Gasteiger partial charge in [-0.1, -0.05) is 18.2 Å². The molecule has 1 amide bonds. The van der Waals surface area contributed by atoms with E-state index in [-0.39, 0.29) is 5.91 Å². The first-order valence-corrected chi connectivity index (χ1v) is 8.95. The lowest BCUT2D eigenvalue weighted by Crippen LogP contribution is -2.22. The molecule has 0 saturated heterocycles. The Morgan fingerprint density at radius 3 is 2.72 bits per heavy atom. The summed E-state index contributed by atoms with van der Waals surface area (Å²) < 4.78 is 7.55. The summed E-state index contributed by atoms with van der Waals surface area (Å²) in [5.41, 5.74) is 4.08. The molecule has 0 aliphatic carbocycles. The number of aromatic nitrogens is 2. The third-order valence-corrected chi connectivity index (χ3v) is 5.09. The number of amides is 1. The van der Waals surface area contributed by atoms with Crippen molar-refractivity contribution in [3.8, 4) is 5.75 Å². The monoisotopic (exact) mass is 355 g/mol. The van der Waals surface area contributed by atoms with Crippen molar-refractivity contribution in [3.05, 3.63) is 69.2 Å². The molecule has 0 atom stereocenters. The summed E-state index contributed by atoms with van der Waals surface area (Å²) in [4.78, 5) is 13.1. The van der Waals surface area contributed by atoms with E-state index in [0.29, 0.717) is 18.0 Å². The molecule has 0 aliphatic rings. The van der Waals surface area contributed by atoms with E-state index in [1.54, 1.807) is 0 Å². The summed E-state index contributed by atoms with van der Waals surface area (Å²) in [7, 11) is 1.91. The normalized spacial score (nSPS) is 10.7. The van der Waals surface area contributed by atoms with Crippen molar-refractivity contribution in [2.75, 3.05) is 0 Å². The quantitative estimate of drug-likeness (QED) is 0.735. The molecule has 0 unspecified atom stereocenters. The lowest BCUT2D eigenvalue weighted by molar-refractivity contribution is 0.0955. The third-order valence-electron chi connectivity index (χ3n) is 4.11. The first-order valence-electron chi connectivity index (χ1n) is 8.07. The Bertz CT molecular complexity index is 868. The molecule has 25 heavy (non-hydrogen) atoms. The number of nitrogens with one attached hydrogen (secondary N) is 1. The van der Waals surface area contributed by atoms with Crippen LogP contribution in [0.2, 0.25) is 0 Å². The molecule has 5 nitrogen and oxygen atoms in total. The lowest BCUT2D eigenvalue weighted by atomic mass is 10.2. The van der Waals surface area contributed by atoms with Crippen molar-refractivity contribution in [2.45, 2.75) is 27.0 Å². The van der Waals surface area contributed by atoms with E-state index in [0.717, 1.165) is 28.3 Å². The maximum absolute atomic E-state index is 12.4. The largest absolute Gasteiger partial charge is 0.489 e. The fourth-order valence-electron chi connectivity index (χ4n) is 2.58. The highest BCUT2D eigenvalue weighted by Gasteiger charge is 2.13. The smallest absolute Gasteiger partial charge is 0.261 e. The van der Waals surface area contributed by atoms with E-state index < -0.39 is 0 Å². The van der Waals surface area contributed by atoms with Crippen molar-refractivity contribution in [1.82, 2.24) is 15.1 Å². The zero-order valence-electron chi connectivity index (χ0n) is 14.6. The Morgan fingerprint density at radius 2 is 2.04 bits per heavy atom. The molecule has 0 bridgehead atoms. The van der Waals surface area contributed by atoms with Gasteiger partial charge in [0.1, 0.15) is 12.4 Å². The molecule has 0 radical (unpaired) electrons. The molecular weight excluding hydrogens is 334 g/mol. The van der Waals surface area contributed by atoms with Crippen molar-refractivity contribution < 1.29 is 9.53 Å². The third kappa shape index (κ3) is 4.09. The van der Waals surface area contributed by atoms with Gasteiger partial charge in [-0.3, -0.25) is 9.48 Å². The summed E-state index contributed by atoms with van der Waals surface area (Å²) in [6.07, 6.45) is 0. The molecule has 0 saturated carbocycles. The van der Waals surface area contributed by atoms with Crippen molar-refractivity contribution >= 4 is 17.2 Å². The van der Waals surface area contributed by atoms with Crippen LogP contribution in [-0.2, 0) is 20.2 Å². The zero-order valence-corrected chi connectivity index (χ0v) is 15.4. The van der Waals surface area contributed by atoms with Gasteiger partial charge < -0.3 is 10.1 Å². The van der Waals surface area contributed by atoms with Gasteiger partial charge in [-0.15, -0.1) is 11.3 Å². The number of benzene rings is 1. The molecule has 2 heterocycles. The second-order valence-electron chi connectivity index (χ2n) is 5.88. The molecule has 0 fully saturated rings. The van der Waals surface area contributed by atoms with Gasteiger partial charge in [-0.25, -0.2) is 0 Å². The van der Waals surface area contributed by atoms with E-state index in [1.807, 2.05) is 67.4 Å². The van der Waals surface area contributed by atoms with Crippen LogP contribution in [0.5, 0.6) is 5.75 Å². The number of nitrogens with zero attached hydrogens (tertiary/aromatic N) is 2. The number of hydrogen-bond acceptors (Lipinski definition) is 4. The molecule has 3 rings (SSSR count). The highest BCUT2D eigenvalue weighted by molar-refractivity contribution is 7.12. The van der Waals surface area contributed by atoms with Gasteiger partial charge in [0, 0.05) is 30.4 Å². The van der Waals surface area contributed by atoms with Crippen molar-refractivity contribution in [3.63, 3.8) is 0 Å². The number of thiophene rings is 1. The fraction of sp³-hybridized carbons (Fsp3) is 0.263. The Kier molecular flexibility index (Phi) is 5.19. The number of carbonyl (C=O) groups excluding carboxylic acids is 1. The molecule has 6 heteroatoms. The SMILES string of the molecule is Cc1nn(C)c(C)c1CNC(=O)c1cc(COc2ccccc2)cs1. The van der Waals surface area contributed by atoms with Gasteiger partial charge in [0.2, 0.25) is 0 Å². The topological polar surface area (TPSA) is 56.2 Å². The maximum Gasteiger partial charge on any atom is 0.261 e. The highest BCUT2D eigenvalue weighted by atomic mass is 32.1. The van der Waals surface area contributed by atoms with Crippen molar-refractivity contribution in [2.24, 2.45) is 7.05 Å². The summed E-state index contributed by atoms with van der Waals surface area (Å²) in [6, 6.07) is 11.5. The van der Waals surface area contributed by atoms with Crippen LogP contribution in [-0.4, -0.2) is 15.7 Å². The van der Waals surface area contributed by atoms with Crippen LogP contribution in [0.15, 0.2) is 41.8 Å². The summed E-state index contributed by atoms with van der Waals surface area (Å²) in [5.74, 6) is 0.751. The number of aryl methyl sites for hydroxylation is 2. The van der Waals surface area contributed by atoms with E-state index in [4.69, 9.17) is 4.74 Å². The summed E-state index contributed by atoms with van der Waals surface area (Å²) in [5, 5.41) is 9.30. The Balaban J connectivity index is 1.57. The molecule has 3 aromatic rings. The highest BCUT2D eigenvalue weighted by Crippen LogP contribution is 2.18. The minimum Gasteiger partial charge on any atom is -0.489 e. The number of ether oxygens (including phenoxy) is 1. The fourth-order valence-corrected chi connectivity index (χ4v) is 3.40. The number of rotatable bonds is 6. The average Bonchev–Trinajstić information content (AvgIpc) is 3.18. The lowest BCUT2D eigenvalue weighted by Gasteiger charge is -2.05. The van der Waals surface area contributed by atoms with Gasteiger partial charge in [0.05, 0.1) is 10.6 Å². The van der Waals surface area contributed by atoms with Crippen LogP contribution in [0.4, 0.5) is 0 Å². The number of carbonyl (C=O) groups is 1. The molecule has 130 valence electrons. The van der Waals surface area contributed by atoms with E-state index in [1.165, 1.54) is 11.3 Å². The molecule has 1 N–H and O–H groups in total. The zero-order chi connectivity index (χ0) is 17.8. The van der Waals surface area contributed by atoms with Crippen LogP contribution < -0.4 is 10.1 Å². The summed E-state index contributed by atoms with van der Waals surface area (Å²) >= 11 is 1.43. The second-order valence-corrected chi connectivity index (χ2v) is 6.79. The van der Waals surface area contributed by atoms with Crippen LogP contribution in [0.3, 0.4) is 0 Å². The van der Waals surface area contributed by atoms with Gasteiger partial charge >= 0.3 is 0 Å². The van der Waals surface area contributed by atoms with Crippen molar-refractivity contribution in [1.29, 1.82) is 0 Å². The van der Waals surface area contributed by atoms with E-state index in [2.05, 4.69) is 10.4 Å². The number of hydrogen-bond donors (Lipinski definition) is 1. The first kappa shape index (κ1) is 17.2. The predicted octanol–water partition coefficient (Wildman–Crippen LogP) is 3.61. The minimum atomic E-state index is -0.0707. The van der Waals surface area contributed by atoms with Crippen LogP contribution in [0, 0.1) is 13.8 Å². The predicted molar refractivity (Wildman–Crippen MR) is 98.9 cm³/mol. The molecule has 2 aromatic heterocycles. The number of para-hydroxylation sites is 1. The maximum atomic E-state index is 12.4. The van der Waals surface area contributed by atoms with Crippen LogP contribution in [0.25, 0.3) is 0 Å². The second kappa shape index (κ2) is 7.53. The van der Waals surface area contributed by atoms with Gasteiger partial charge in [0.15, 0.2) is 0 Å². The van der Waals surface area contributed by atoms with Crippen LogP contribution >= 0.6 is 11.3 Å². The van der Waals surface area contributed by atoms with E-state index >= 15 is 0 Å². The molecule has 0 spiro atoms. The summed E-state index contributed by atoms with van der Waals surface area (Å²) in [6.45, 7) is 4.90. The van der Waals surface area contributed by atoms with Gasteiger partial charge in [-0.05, 0) is 37.4 Å². The minimum absolute atomic E-state index is 0.0707. The molecular formula is C19H21N3O2S. The standard InChI is InChI=1S/C19H21N3O2S/c1-13-17(14(2)22(3)21-13)10-20-19(23)18-9-15(12-25-18)11-24-16-7-5-4-6-8-16/h4-9,12H,10-11H2,1-3H3,(H,20,23). The Labute approximate surface area is 151 Å². The average molecular weight is 355 g/mol. The van der Waals surface area contributed by atoms with E-state index in [9.17, 15) is 4.79 Å².